The Morgan fingerprint density at radius 1 is 0.690 bits per heavy atom. The molecule has 71 heavy (non-hydrogen) atoms. The van der Waals surface area contributed by atoms with E-state index in [2.05, 4.69) is 53.8 Å². The Bertz CT molecular complexity index is 2860. The van der Waals surface area contributed by atoms with Crippen LogP contribution in [0.1, 0.15) is 109 Å². The summed E-state index contributed by atoms with van der Waals surface area (Å²) in [7, 11) is -6.57. The molecular formula is C50H66F2N6O10S2Si. The van der Waals surface area contributed by atoms with Crippen LogP contribution in [-0.4, -0.2) is 113 Å². The molecule has 21 heteroatoms. The Labute approximate surface area is 417 Å². The van der Waals surface area contributed by atoms with Gasteiger partial charge >= 0.3 is 11.9 Å². The molecular weight excluding hydrogens is 975 g/mol. The lowest BCUT2D eigenvalue weighted by Crippen LogP contribution is -2.46. The summed E-state index contributed by atoms with van der Waals surface area (Å²) in [4.78, 5) is 42.3. The van der Waals surface area contributed by atoms with E-state index in [-0.39, 0.29) is 60.1 Å². The van der Waals surface area contributed by atoms with Crippen molar-refractivity contribution in [2.75, 3.05) is 35.2 Å². The van der Waals surface area contributed by atoms with Crippen LogP contribution in [0.3, 0.4) is 0 Å². The normalized spacial score (nSPS) is 19.2. The number of aliphatic hydroxyl groups is 1. The van der Waals surface area contributed by atoms with E-state index in [1.54, 1.807) is 42.5 Å². The maximum absolute atomic E-state index is 13.7. The van der Waals surface area contributed by atoms with Gasteiger partial charge in [0.1, 0.15) is 23.8 Å². The summed E-state index contributed by atoms with van der Waals surface area (Å²) in [6, 6.07) is 11.5. The summed E-state index contributed by atoms with van der Waals surface area (Å²) in [5, 5.41) is 9.87. The minimum absolute atomic E-state index is 0.00723. The van der Waals surface area contributed by atoms with Crippen LogP contribution in [0, 0.1) is 11.6 Å². The molecule has 2 aliphatic rings. The number of aromatic nitrogens is 4. The summed E-state index contributed by atoms with van der Waals surface area (Å²) < 4.78 is 95.4. The van der Waals surface area contributed by atoms with Crippen LogP contribution in [-0.2, 0) is 43.5 Å². The predicted molar refractivity (Wildman–Crippen MR) is 274 cm³/mol. The first-order valence-electron chi connectivity index (χ1n) is 23.2. The van der Waals surface area contributed by atoms with Crippen LogP contribution in [0.5, 0.6) is 0 Å². The van der Waals surface area contributed by atoms with Crippen LogP contribution >= 0.6 is 0 Å². The lowest BCUT2D eigenvalue weighted by molar-refractivity contribution is -0.157. The maximum atomic E-state index is 13.7. The first kappa shape index (κ1) is 56.4. The number of sulfonamides is 2. The van der Waals surface area contributed by atoms with E-state index in [1.807, 2.05) is 33.8 Å². The smallest absolute Gasteiger partial charge is 0.309 e. The largest absolute Gasteiger partial charge is 0.458 e. The highest BCUT2D eigenvalue weighted by Crippen LogP contribution is 2.40. The zero-order valence-electron chi connectivity index (χ0n) is 42.6. The molecule has 0 spiro atoms. The standard InChI is InChI=1S/C28H40FN3O5SSi.C22H26FN3O5S/c1-18(2)25-23(15-14-21-16-22(17-24(33)36-21)37-39(8,9)28(3,4)5)26(19-10-12-20(29)13-11-19)31-27(30-25)32(6)38(7,34)35;1-13(2)20-18(10-9-17-11-16(27)12-19(28)31-17)21(14-5-7-15(23)8-6-14)25-22(24-20)26(3)32(4,29)30/h10-15,18,21-22H,16-17H2,1-9H3;5-10,13,16-17,27H,11-12H2,1-4H3/b15-14+;10-9+/t21-,22-;16-,17-/m11/s1. The van der Waals surface area contributed by atoms with Crippen LogP contribution in [0.15, 0.2) is 60.7 Å². The number of cyclic esters (lactones) is 2. The molecule has 16 nitrogen and oxygen atoms in total. The van der Waals surface area contributed by atoms with Gasteiger partial charge < -0.3 is 19.0 Å². The number of aliphatic hydroxyl groups excluding tert-OH is 1. The minimum Gasteiger partial charge on any atom is -0.458 e. The summed E-state index contributed by atoms with van der Waals surface area (Å²) >= 11 is 0. The molecule has 2 aliphatic heterocycles. The lowest BCUT2D eigenvalue weighted by atomic mass is 9.97. The van der Waals surface area contributed by atoms with Crippen molar-refractivity contribution in [1.82, 2.24) is 19.9 Å². The number of ether oxygens (including phenoxy) is 2. The molecule has 2 aromatic carbocycles. The molecule has 0 saturated carbocycles. The zero-order valence-corrected chi connectivity index (χ0v) is 45.2. The number of halogens is 2. The first-order valence-corrected chi connectivity index (χ1v) is 29.8. The second-order valence-corrected chi connectivity index (χ2v) is 28.7. The summed E-state index contributed by atoms with van der Waals surface area (Å²) in [6.07, 6.45) is 7.89. The van der Waals surface area contributed by atoms with Gasteiger partial charge in [0.15, 0.2) is 8.32 Å². The molecule has 0 amide bonds. The molecule has 2 saturated heterocycles. The van der Waals surface area contributed by atoms with E-state index in [0.29, 0.717) is 51.5 Å². The zero-order chi connectivity index (χ0) is 53.0. The van der Waals surface area contributed by atoms with Crippen LogP contribution < -0.4 is 8.61 Å². The number of hydrogen-bond acceptors (Lipinski definition) is 14. The Morgan fingerprint density at radius 2 is 1.07 bits per heavy atom. The van der Waals surface area contributed by atoms with Crippen LogP contribution in [0.2, 0.25) is 18.1 Å². The Balaban J connectivity index is 0.000000269. The van der Waals surface area contributed by atoms with Gasteiger partial charge in [0.05, 0.1) is 60.3 Å². The lowest BCUT2D eigenvalue weighted by Gasteiger charge is -2.40. The number of carbonyl (C=O) groups excluding carboxylic acids is 2. The summed E-state index contributed by atoms with van der Waals surface area (Å²) in [5.74, 6) is -1.81. The molecule has 2 aromatic heterocycles. The molecule has 6 rings (SSSR count). The third-order valence-corrected chi connectivity index (χ3v) is 19.2. The average molecular weight is 1040 g/mol. The van der Waals surface area contributed by atoms with E-state index in [9.17, 15) is 40.3 Å². The number of benzene rings is 2. The third-order valence-electron chi connectivity index (χ3n) is 12.4. The van der Waals surface area contributed by atoms with Crippen LogP contribution in [0.4, 0.5) is 20.7 Å². The van der Waals surface area contributed by atoms with Crippen molar-refractivity contribution in [2.24, 2.45) is 0 Å². The van der Waals surface area contributed by atoms with Crippen molar-refractivity contribution < 1.29 is 54.2 Å². The van der Waals surface area contributed by atoms with Crippen molar-refractivity contribution in [1.29, 1.82) is 0 Å². The van der Waals surface area contributed by atoms with Gasteiger partial charge in [-0.15, -0.1) is 0 Å². The van der Waals surface area contributed by atoms with Crippen molar-refractivity contribution in [2.45, 2.75) is 129 Å². The maximum Gasteiger partial charge on any atom is 0.309 e. The monoisotopic (exact) mass is 1040 g/mol. The Hall–Kier alpha value is -5.48. The van der Waals surface area contributed by atoms with Crippen molar-refractivity contribution in [3.8, 4) is 22.5 Å². The highest BCUT2D eigenvalue weighted by Gasteiger charge is 2.41. The van der Waals surface area contributed by atoms with Gasteiger partial charge in [0, 0.05) is 49.2 Å². The van der Waals surface area contributed by atoms with Crippen molar-refractivity contribution >= 4 is 64.4 Å². The quantitative estimate of drug-likeness (QED) is 0.0925. The number of anilines is 2. The van der Waals surface area contributed by atoms with Gasteiger partial charge in [-0.25, -0.2) is 54.2 Å². The number of hydrogen-bond donors (Lipinski definition) is 1. The molecule has 0 bridgehead atoms. The molecule has 0 aliphatic carbocycles. The molecule has 4 heterocycles. The van der Waals surface area contributed by atoms with E-state index in [0.717, 1.165) is 21.1 Å². The van der Waals surface area contributed by atoms with Gasteiger partial charge in [-0.3, -0.25) is 9.59 Å². The molecule has 1 N–H and O–H groups in total. The third kappa shape index (κ3) is 14.8. The fourth-order valence-corrected chi connectivity index (χ4v) is 9.44. The fraction of sp³-hybridized carbons (Fsp3) is 0.480. The van der Waals surface area contributed by atoms with E-state index in [1.165, 1.54) is 38.4 Å². The van der Waals surface area contributed by atoms with Gasteiger partial charge in [-0.05, 0) is 90.7 Å². The van der Waals surface area contributed by atoms with Gasteiger partial charge in [0.25, 0.3) is 0 Å². The molecule has 386 valence electrons. The SMILES string of the molecule is CC(C)c1nc(N(C)S(C)(=O)=O)nc(-c2ccc(F)cc2)c1/C=C/[C@@H]1C[C@@H](O)CC(=O)O1.CC(C)c1nc(N(C)S(C)(=O)=O)nc(-c2ccc(F)cc2)c1/C=C/[C@@H]1C[C@@H](O[Si](C)(C)C(C)(C)C)CC(=O)O1. The van der Waals surface area contributed by atoms with E-state index < -0.39 is 64.3 Å². The van der Waals surface area contributed by atoms with Gasteiger partial charge in [-0.2, -0.15) is 0 Å². The second-order valence-electron chi connectivity index (χ2n) is 19.9. The van der Waals surface area contributed by atoms with E-state index in [4.69, 9.17) is 13.9 Å². The molecule has 2 fully saturated rings. The molecule has 4 atom stereocenters. The van der Waals surface area contributed by atoms with Gasteiger partial charge in [0.2, 0.25) is 31.9 Å². The Morgan fingerprint density at radius 3 is 1.42 bits per heavy atom. The highest BCUT2D eigenvalue weighted by atomic mass is 32.2. The van der Waals surface area contributed by atoms with Crippen LogP contribution in [0.25, 0.3) is 34.7 Å². The average Bonchev–Trinajstić information content (AvgIpc) is 3.25. The minimum atomic E-state index is -3.62. The summed E-state index contributed by atoms with van der Waals surface area (Å²) in [6.45, 7) is 18.5. The van der Waals surface area contributed by atoms with Gasteiger partial charge in [-0.1, -0.05) is 60.6 Å². The number of carbonyl (C=O) groups is 2. The predicted octanol–water partition coefficient (Wildman–Crippen LogP) is 8.79. The van der Waals surface area contributed by atoms with Crippen molar-refractivity contribution in [3.63, 3.8) is 0 Å². The molecule has 0 unspecified atom stereocenters. The highest BCUT2D eigenvalue weighted by molar-refractivity contribution is 7.92. The first-order chi connectivity index (χ1) is 32.8. The fourth-order valence-electron chi connectivity index (χ4n) is 7.32. The molecule has 4 aromatic rings. The summed E-state index contributed by atoms with van der Waals surface area (Å²) in [5.41, 5.74) is 4.45. The van der Waals surface area contributed by atoms with Crippen molar-refractivity contribution in [3.05, 3.63) is 94.8 Å². The number of nitrogens with zero attached hydrogens (tertiary/aromatic N) is 6. The number of rotatable bonds is 14. The van der Waals surface area contributed by atoms with E-state index >= 15 is 0 Å². The second kappa shape index (κ2) is 22.5. The topological polar surface area (TPSA) is 208 Å². The Kier molecular flexibility index (Phi) is 17.9. The molecule has 0 radical (unpaired) electrons. The number of esters is 2.